The molecule has 6 heteroatoms. The third kappa shape index (κ3) is 3.99. The largest absolute Gasteiger partial charge is 0.481 e. The third-order valence-corrected chi connectivity index (χ3v) is 5.03. The number of ether oxygens (including phenoxy) is 1. The second kappa shape index (κ2) is 7.11. The number of carbonyl (C=O) groups is 2. The molecule has 2 aliphatic rings. The van der Waals surface area contributed by atoms with Gasteiger partial charge in [-0.25, -0.2) is 4.79 Å². The number of fused-ring (bicyclic) bond motifs is 1. The minimum Gasteiger partial charge on any atom is -0.481 e. The first kappa shape index (κ1) is 16.6. The van der Waals surface area contributed by atoms with Crippen LogP contribution in [0.15, 0.2) is 18.2 Å². The van der Waals surface area contributed by atoms with Gasteiger partial charge in [0.15, 0.2) is 0 Å². The molecule has 6 nitrogen and oxygen atoms in total. The summed E-state index contributed by atoms with van der Waals surface area (Å²) >= 11 is 0. The average Bonchev–Trinajstić information content (AvgIpc) is 2.55. The van der Waals surface area contributed by atoms with Crippen LogP contribution in [0, 0.1) is 5.92 Å². The fraction of sp³-hybridized carbons (Fsp3) is 0.556. The highest BCUT2D eigenvalue weighted by molar-refractivity contribution is 5.69. The van der Waals surface area contributed by atoms with Gasteiger partial charge >= 0.3 is 12.1 Å². The van der Waals surface area contributed by atoms with Crippen molar-refractivity contribution in [1.29, 1.82) is 0 Å². The molecular formula is C18H24N2O4. The van der Waals surface area contributed by atoms with Crippen molar-refractivity contribution < 1.29 is 19.4 Å². The number of carboxylic acids is 1. The van der Waals surface area contributed by atoms with E-state index in [1.165, 1.54) is 5.56 Å². The lowest BCUT2D eigenvalue weighted by molar-refractivity contribution is -0.138. The summed E-state index contributed by atoms with van der Waals surface area (Å²) in [7, 11) is 0. The Balaban J connectivity index is 1.50. The molecule has 1 saturated carbocycles. The fourth-order valence-electron chi connectivity index (χ4n) is 3.65. The second-order valence-electron chi connectivity index (χ2n) is 6.82. The molecule has 0 radical (unpaired) electrons. The lowest BCUT2D eigenvalue weighted by atomic mass is 9.85. The minimum atomic E-state index is -0.747. The Hall–Kier alpha value is -2.24. The predicted molar refractivity (Wildman–Crippen MR) is 89.4 cm³/mol. The van der Waals surface area contributed by atoms with Gasteiger partial charge in [0.1, 0.15) is 6.10 Å². The van der Waals surface area contributed by atoms with E-state index in [1.807, 2.05) is 18.2 Å². The SMILES string of the molecule is Nc1ccc2c(c1)CCN(C(=O)O[C@H]1CC[C@H](CC(=O)O)CC1)C2. The van der Waals surface area contributed by atoms with Crippen molar-refractivity contribution in [3.05, 3.63) is 29.3 Å². The average molecular weight is 332 g/mol. The van der Waals surface area contributed by atoms with E-state index < -0.39 is 5.97 Å². The molecule has 1 aliphatic carbocycles. The molecular weight excluding hydrogens is 308 g/mol. The van der Waals surface area contributed by atoms with E-state index in [0.29, 0.717) is 13.1 Å². The van der Waals surface area contributed by atoms with Crippen molar-refractivity contribution in [1.82, 2.24) is 4.90 Å². The molecule has 0 atom stereocenters. The van der Waals surface area contributed by atoms with Gasteiger partial charge < -0.3 is 20.5 Å². The maximum absolute atomic E-state index is 12.4. The van der Waals surface area contributed by atoms with E-state index in [4.69, 9.17) is 15.6 Å². The van der Waals surface area contributed by atoms with Crippen LogP contribution in [-0.2, 0) is 22.5 Å². The number of aliphatic carboxylic acids is 1. The number of nitrogens with zero attached hydrogens (tertiary/aromatic N) is 1. The van der Waals surface area contributed by atoms with Crippen molar-refractivity contribution in [2.45, 2.75) is 51.2 Å². The van der Waals surface area contributed by atoms with Crippen LogP contribution >= 0.6 is 0 Å². The number of rotatable bonds is 3. The summed E-state index contributed by atoms with van der Waals surface area (Å²) in [5.74, 6) is -0.534. The number of benzene rings is 1. The van der Waals surface area contributed by atoms with Gasteiger partial charge in [-0.15, -0.1) is 0 Å². The number of carboxylic acid groups (broad SMARTS) is 1. The first-order valence-corrected chi connectivity index (χ1v) is 8.56. The van der Waals surface area contributed by atoms with Gasteiger partial charge in [0.2, 0.25) is 0 Å². The number of carbonyl (C=O) groups excluding carboxylic acids is 1. The second-order valence-corrected chi connectivity index (χ2v) is 6.82. The maximum atomic E-state index is 12.4. The predicted octanol–water partition coefficient (Wildman–Crippen LogP) is 2.80. The zero-order chi connectivity index (χ0) is 17.1. The highest BCUT2D eigenvalue weighted by Gasteiger charge is 2.28. The molecule has 0 bridgehead atoms. The summed E-state index contributed by atoms with van der Waals surface area (Å²) in [5.41, 5.74) is 8.88. The Morgan fingerprint density at radius 3 is 2.67 bits per heavy atom. The van der Waals surface area contributed by atoms with Gasteiger partial charge in [0.25, 0.3) is 0 Å². The van der Waals surface area contributed by atoms with Crippen LogP contribution in [0.3, 0.4) is 0 Å². The summed E-state index contributed by atoms with van der Waals surface area (Å²) in [6, 6.07) is 5.81. The molecule has 1 heterocycles. The fourth-order valence-corrected chi connectivity index (χ4v) is 3.65. The number of hydrogen-bond donors (Lipinski definition) is 2. The van der Waals surface area contributed by atoms with E-state index >= 15 is 0 Å². The summed E-state index contributed by atoms with van der Waals surface area (Å²) in [6.45, 7) is 1.20. The molecule has 24 heavy (non-hydrogen) atoms. The molecule has 1 aromatic rings. The van der Waals surface area contributed by atoms with Crippen LogP contribution in [0.1, 0.15) is 43.2 Å². The van der Waals surface area contributed by atoms with Crippen LogP contribution < -0.4 is 5.73 Å². The third-order valence-electron chi connectivity index (χ3n) is 5.03. The van der Waals surface area contributed by atoms with Crippen LogP contribution in [0.25, 0.3) is 0 Å². The number of nitrogens with two attached hydrogens (primary N) is 1. The molecule has 0 spiro atoms. The maximum Gasteiger partial charge on any atom is 0.410 e. The highest BCUT2D eigenvalue weighted by Crippen LogP contribution is 2.29. The first-order chi connectivity index (χ1) is 11.5. The van der Waals surface area contributed by atoms with Crippen molar-refractivity contribution in [2.24, 2.45) is 5.92 Å². The van der Waals surface area contributed by atoms with Gasteiger partial charge in [0.05, 0.1) is 0 Å². The number of anilines is 1. The van der Waals surface area contributed by atoms with Gasteiger partial charge in [-0.2, -0.15) is 0 Å². The first-order valence-electron chi connectivity index (χ1n) is 8.56. The zero-order valence-corrected chi connectivity index (χ0v) is 13.7. The monoisotopic (exact) mass is 332 g/mol. The molecule has 1 fully saturated rings. The standard InChI is InChI=1S/C18H24N2O4/c19-15-4-3-14-11-20(8-7-13(14)10-15)18(23)24-16-5-1-12(2-6-16)9-17(21)22/h3-4,10,12,16H,1-2,5-9,11,19H2,(H,21,22)/t12-,16-. The smallest absolute Gasteiger partial charge is 0.410 e. The zero-order valence-electron chi connectivity index (χ0n) is 13.7. The summed E-state index contributed by atoms with van der Waals surface area (Å²) in [5, 5.41) is 8.84. The minimum absolute atomic E-state index is 0.0876. The molecule has 1 aromatic carbocycles. The van der Waals surface area contributed by atoms with Gasteiger partial charge in [0, 0.05) is 25.2 Å². The Morgan fingerprint density at radius 2 is 1.96 bits per heavy atom. The van der Waals surface area contributed by atoms with E-state index in [1.54, 1.807) is 4.90 Å². The Morgan fingerprint density at radius 1 is 1.21 bits per heavy atom. The molecule has 3 rings (SSSR count). The van der Waals surface area contributed by atoms with Gasteiger partial charge in [-0.3, -0.25) is 4.79 Å². The Kier molecular flexibility index (Phi) is 4.92. The quantitative estimate of drug-likeness (QED) is 0.830. The number of amides is 1. The normalized spacial score (nSPS) is 23.4. The molecule has 1 amide bonds. The summed E-state index contributed by atoms with van der Waals surface area (Å²) in [4.78, 5) is 24.9. The van der Waals surface area contributed by atoms with Crippen LogP contribution in [0.5, 0.6) is 0 Å². The van der Waals surface area contributed by atoms with Crippen LogP contribution in [0.2, 0.25) is 0 Å². The van der Waals surface area contributed by atoms with E-state index in [2.05, 4.69) is 0 Å². The van der Waals surface area contributed by atoms with Crippen molar-refractivity contribution >= 4 is 17.7 Å². The summed E-state index contributed by atoms with van der Waals surface area (Å²) in [6.07, 6.45) is 3.79. The molecule has 0 aromatic heterocycles. The highest BCUT2D eigenvalue weighted by atomic mass is 16.6. The molecule has 0 unspecified atom stereocenters. The van der Waals surface area contributed by atoms with E-state index in [-0.39, 0.29) is 24.5 Å². The van der Waals surface area contributed by atoms with Gasteiger partial charge in [-0.1, -0.05) is 6.07 Å². The van der Waals surface area contributed by atoms with Crippen LogP contribution in [0.4, 0.5) is 10.5 Å². The van der Waals surface area contributed by atoms with Crippen LogP contribution in [-0.4, -0.2) is 34.7 Å². The molecule has 130 valence electrons. The Bertz CT molecular complexity index is 623. The Labute approximate surface area is 141 Å². The lowest BCUT2D eigenvalue weighted by Crippen LogP contribution is -2.39. The summed E-state index contributed by atoms with van der Waals surface area (Å²) < 4.78 is 5.64. The number of nitrogen functional groups attached to an aromatic ring is 1. The van der Waals surface area contributed by atoms with E-state index in [0.717, 1.165) is 43.4 Å². The van der Waals surface area contributed by atoms with Crippen molar-refractivity contribution in [3.8, 4) is 0 Å². The number of hydrogen-bond acceptors (Lipinski definition) is 4. The molecule has 0 saturated heterocycles. The van der Waals surface area contributed by atoms with Crippen molar-refractivity contribution in [3.63, 3.8) is 0 Å². The molecule has 1 aliphatic heterocycles. The van der Waals surface area contributed by atoms with Gasteiger partial charge in [-0.05, 0) is 61.3 Å². The topological polar surface area (TPSA) is 92.9 Å². The van der Waals surface area contributed by atoms with Crippen molar-refractivity contribution in [2.75, 3.05) is 12.3 Å². The van der Waals surface area contributed by atoms with E-state index in [9.17, 15) is 9.59 Å². The lowest BCUT2D eigenvalue weighted by Gasteiger charge is -2.32. The molecule has 3 N–H and O–H groups in total.